The van der Waals surface area contributed by atoms with Crippen LogP contribution < -0.4 is 0 Å². The highest BCUT2D eigenvalue weighted by atomic mass is 127. The van der Waals surface area contributed by atoms with Gasteiger partial charge in [0, 0.05) is 58.5 Å². The Morgan fingerprint density at radius 3 is 2.28 bits per heavy atom. The molecule has 15 atom stereocenters. The molecular formula is C53H80INO14. The molecule has 3 fully saturated rings. The fourth-order valence-corrected chi connectivity index (χ4v) is 10.6. The number of nitrogens with zero attached hydrogens (tertiary/aromatic N) is 1. The second-order valence-electron chi connectivity index (χ2n) is 20.2. The molecule has 0 unspecified atom stereocenters. The Labute approximate surface area is 423 Å². The molecule has 4 aliphatic rings. The van der Waals surface area contributed by atoms with Crippen LogP contribution in [0.2, 0.25) is 0 Å². The number of amides is 1. The molecular weight excluding hydrogens is 1000 g/mol. The van der Waals surface area contributed by atoms with E-state index in [1.807, 2.05) is 80.7 Å². The molecule has 0 spiro atoms. The first-order valence-corrected chi connectivity index (χ1v) is 26.5. The van der Waals surface area contributed by atoms with Crippen LogP contribution >= 0.6 is 22.6 Å². The van der Waals surface area contributed by atoms with E-state index in [0.717, 1.165) is 5.57 Å². The Kier molecular flexibility index (Phi) is 23.4. The summed E-state index contributed by atoms with van der Waals surface area (Å²) in [7, 11) is 4.53. The summed E-state index contributed by atoms with van der Waals surface area (Å²) in [5, 5.41) is 23.5. The van der Waals surface area contributed by atoms with Crippen molar-refractivity contribution >= 4 is 57.8 Å². The lowest BCUT2D eigenvalue weighted by molar-refractivity contribution is -0.265. The maximum Gasteiger partial charge on any atom is 0.329 e. The Balaban J connectivity index is 1.70. The van der Waals surface area contributed by atoms with Crippen molar-refractivity contribution in [1.82, 2.24) is 4.90 Å². The molecule has 16 heteroatoms. The van der Waals surface area contributed by atoms with E-state index in [-0.39, 0.29) is 65.2 Å². The fraction of sp³-hybridized carbons (Fsp3) is 0.736. The number of esters is 2. The van der Waals surface area contributed by atoms with E-state index < -0.39 is 83.9 Å². The van der Waals surface area contributed by atoms with E-state index in [1.54, 1.807) is 41.1 Å². The Morgan fingerprint density at radius 2 is 1.61 bits per heavy atom. The standard InChI is InChI=1S/C53H80INO14/c1-31-16-12-11-13-17-32(2)43(64-8)28-39-21-19-37(7)53(63,69-39)50(60)51(61)55-23-15-14-18-40(55)52(62)68-44(34(4)26-38-20-22-42(45(27-38)65-9)67-46(57)30-54)29-41(56)33(3)25-36(6)48(59)49(66-10)47(58)35(5)24-31/h11-13,16-17,25,31,33-35,37-40,42-45,48-49,59,63H,14-15,18-24,26-30H2,1-10H3/b13-11?,16-12+,32-17?,36-25+/t31-,33-,34-,35-,37-,38+,39+,40+,42-,43+,44+,45-,48-,49+,53-/m1/s1. The third-order valence-corrected chi connectivity index (χ3v) is 15.5. The van der Waals surface area contributed by atoms with Gasteiger partial charge in [-0.2, -0.15) is 0 Å². The molecule has 2 N–H and O–H groups in total. The van der Waals surface area contributed by atoms with Crippen molar-refractivity contribution in [3.63, 3.8) is 0 Å². The van der Waals surface area contributed by atoms with Gasteiger partial charge in [-0.3, -0.25) is 24.0 Å². The predicted molar refractivity (Wildman–Crippen MR) is 268 cm³/mol. The zero-order valence-electron chi connectivity index (χ0n) is 42.6. The summed E-state index contributed by atoms with van der Waals surface area (Å²) in [5.74, 6) is -8.47. The largest absolute Gasteiger partial charge is 0.460 e. The van der Waals surface area contributed by atoms with Gasteiger partial charge in [-0.25, -0.2) is 4.79 Å². The van der Waals surface area contributed by atoms with Crippen molar-refractivity contribution in [2.45, 2.75) is 180 Å². The minimum atomic E-state index is -2.44. The van der Waals surface area contributed by atoms with Gasteiger partial charge in [-0.05, 0) is 107 Å². The van der Waals surface area contributed by atoms with E-state index in [2.05, 4.69) is 0 Å². The number of carbonyl (C=O) groups excluding carboxylic acids is 6. The third-order valence-electron chi connectivity index (χ3n) is 14.8. The van der Waals surface area contributed by atoms with Crippen LogP contribution in [0.15, 0.2) is 47.6 Å². The molecule has 69 heavy (non-hydrogen) atoms. The number of allylic oxidation sites excluding steroid dienone is 6. The van der Waals surface area contributed by atoms with Crippen molar-refractivity contribution in [2.24, 2.45) is 35.5 Å². The molecule has 3 aliphatic heterocycles. The number of piperidine rings is 1. The number of fused-ring (bicyclic) bond motifs is 3. The first-order chi connectivity index (χ1) is 32.7. The Morgan fingerprint density at radius 1 is 0.884 bits per heavy atom. The fourth-order valence-electron chi connectivity index (χ4n) is 10.4. The number of hydrogen-bond donors (Lipinski definition) is 2. The van der Waals surface area contributed by atoms with Gasteiger partial charge in [0.2, 0.25) is 5.79 Å². The average Bonchev–Trinajstić information content (AvgIpc) is 3.33. The lowest BCUT2D eigenvalue weighted by Crippen LogP contribution is -2.61. The number of methoxy groups -OCH3 is 3. The first kappa shape index (κ1) is 58.4. The zero-order chi connectivity index (χ0) is 51.2. The number of aliphatic hydroxyl groups excluding tert-OH is 1. The molecule has 2 saturated heterocycles. The van der Waals surface area contributed by atoms with Gasteiger partial charge < -0.3 is 43.5 Å². The molecule has 0 aromatic rings. The lowest BCUT2D eigenvalue weighted by Gasteiger charge is -2.42. The monoisotopic (exact) mass is 1080 g/mol. The number of halogens is 1. The first-order valence-electron chi connectivity index (χ1n) is 24.9. The Bertz CT molecular complexity index is 1900. The van der Waals surface area contributed by atoms with Gasteiger partial charge >= 0.3 is 11.9 Å². The van der Waals surface area contributed by atoms with Crippen LogP contribution in [0.5, 0.6) is 0 Å². The molecule has 3 heterocycles. The number of Topliss-reactive ketones (excluding diaryl/α,β-unsaturated/α-hetero) is 3. The average molecular weight is 1080 g/mol. The summed E-state index contributed by atoms with van der Waals surface area (Å²) in [4.78, 5) is 84.4. The third kappa shape index (κ3) is 15.9. The summed E-state index contributed by atoms with van der Waals surface area (Å²) in [6.45, 7) is 12.7. The van der Waals surface area contributed by atoms with Gasteiger partial charge in [-0.1, -0.05) is 93.7 Å². The zero-order valence-corrected chi connectivity index (χ0v) is 44.7. The molecule has 4 rings (SSSR count). The van der Waals surface area contributed by atoms with Gasteiger partial charge in [-0.15, -0.1) is 0 Å². The number of ether oxygens (including phenoxy) is 6. The van der Waals surface area contributed by atoms with Crippen LogP contribution in [0, 0.1) is 35.5 Å². The summed E-state index contributed by atoms with van der Waals surface area (Å²) in [6.07, 6.45) is 11.2. The highest BCUT2D eigenvalue weighted by Crippen LogP contribution is 2.38. The normalized spacial score (nSPS) is 37.4. The molecule has 15 nitrogen and oxygen atoms in total. The second kappa shape index (κ2) is 27.6. The van der Waals surface area contributed by atoms with Crippen molar-refractivity contribution < 1.29 is 67.4 Å². The number of carbonyl (C=O) groups is 6. The number of alkyl halides is 1. The topological polar surface area (TPSA) is 201 Å². The number of rotatable bonds is 8. The van der Waals surface area contributed by atoms with E-state index in [4.69, 9.17) is 28.4 Å². The summed E-state index contributed by atoms with van der Waals surface area (Å²) in [5.41, 5.74) is 1.25. The maximum absolute atomic E-state index is 14.5. The van der Waals surface area contributed by atoms with Gasteiger partial charge in [0.1, 0.15) is 36.2 Å². The number of ketones is 3. The summed E-state index contributed by atoms with van der Waals surface area (Å²) < 4.78 is 35.6. The second-order valence-corrected chi connectivity index (χ2v) is 20.9. The van der Waals surface area contributed by atoms with Crippen molar-refractivity contribution in [3.8, 4) is 0 Å². The molecule has 1 saturated carbocycles. The quantitative estimate of drug-likeness (QED) is 0.0815. The molecule has 1 aliphatic carbocycles. The van der Waals surface area contributed by atoms with E-state index in [9.17, 15) is 39.0 Å². The van der Waals surface area contributed by atoms with Gasteiger partial charge in [0.05, 0.1) is 22.7 Å². The van der Waals surface area contributed by atoms with Gasteiger partial charge in [0.15, 0.2) is 5.78 Å². The van der Waals surface area contributed by atoms with Crippen molar-refractivity contribution in [2.75, 3.05) is 32.3 Å². The smallest absolute Gasteiger partial charge is 0.329 e. The van der Waals surface area contributed by atoms with Crippen LogP contribution in [0.25, 0.3) is 0 Å². The number of hydrogen-bond acceptors (Lipinski definition) is 14. The van der Waals surface area contributed by atoms with E-state index in [1.165, 1.54) is 12.0 Å². The SMILES string of the molecule is CO[C@H]1C[C@@H]2CC[C@@H](C)[C@@](O)(O2)C(=O)C(=O)N2CCCC[C@H]2C(=O)O[C@H]([C@H](C)C[C@@H]2CC[C@@H](OC(=O)CI)[C@H](OC)C2)CC(=O)[C@H](C)/C=C(\C)[C@@H](O)[C@@H](OC)C(=O)[C@H](C)C[C@H](C)/C=C/C=CC=C1C. The molecule has 388 valence electrons. The van der Waals surface area contributed by atoms with Gasteiger partial charge in [0.25, 0.3) is 11.7 Å². The summed E-state index contributed by atoms with van der Waals surface area (Å²) >= 11 is 1.96. The highest BCUT2D eigenvalue weighted by molar-refractivity contribution is 14.1. The van der Waals surface area contributed by atoms with Crippen LogP contribution in [0.4, 0.5) is 0 Å². The minimum absolute atomic E-state index is 0.0105. The molecule has 1 amide bonds. The molecule has 0 radical (unpaired) electrons. The minimum Gasteiger partial charge on any atom is -0.460 e. The maximum atomic E-state index is 14.5. The van der Waals surface area contributed by atoms with Crippen LogP contribution in [0.3, 0.4) is 0 Å². The molecule has 2 bridgehead atoms. The highest BCUT2D eigenvalue weighted by Gasteiger charge is 2.53. The Hall–Kier alpha value is -3.13. The number of cyclic esters (lactones) is 1. The van der Waals surface area contributed by atoms with Crippen LogP contribution in [0.1, 0.15) is 126 Å². The van der Waals surface area contributed by atoms with E-state index >= 15 is 0 Å². The molecule has 0 aromatic carbocycles. The number of aliphatic hydroxyl groups is 2. The van der Waals surface area contributed by atoms with Crippen LogP contribution in [-0.2, 0) is 57.2 Å². The summed E-state index contributed by atoms with van der Waals surface area (Å²) in [6, 6.07) is -1.16. The predicted octanol–water partition coefficient (Wildman–Crippen LogP) is 7.17. The lowest BCUT2D eigenvalue weighted by atomic mass is 9.78. The van der Waals surface area contributed by atoms with Crippen LogP contribution in [-0.4, -0.2) is 137 Å². The van der Waals surface area contributed by atoms with Crippen molar-refractivity contribution in [3.05, 3.63) is 47.6 Å². The van der Waals surface area contributed by atoms with Crippen molar-refractivity contribution in [1.29, 1.82) is 0 Å². The molecule has 0 aromatic heterocycles. The van der Waals surface area contributed by atoms with E-state index in [0.29, 0.717) is 69.8 Å².